The topological polar surface area (TPSA) is 81.8 Å². The summed E-state index contributed by atoms with van der Waals surface area (Å²) in [5, 5.41) is 4.37. The highest BCUT2D eigenvalue weighted by molar-refractivity contribution is 5.85. The average molecular weight is 315 g/mol. The van der Waals surface area contributed by atoms with Crippen molar-refractivity contribution < 1.29 is 9.18 Å². The normalized spacial score (nSPS) is 11.1. The van der Waals surface area contributed by atoms with Crippen LogP contribution in [-0.2, 0) is 4.79 Å². The Kier molecular flexibility index (Phi) is 3.65. The Morgan fingerprint density at radius 1 is 1.26 bits per heavy atom. The summed E-state index contributed by atoms with van der Waals surface area (Å²) >= 11 is 0. The van der Waals surface area contributed by atoms with E-state index in [2.05, 4.69) is 15.5 Å². The maximum Gasteiger partial charge on any atom is 0.283 e. The van der Waals surface area contributed by atoms with E-state index in [0.717, 1.165) is 4.68 Å². The lowest BCUT2D eigenvalue weighted by Crippen LogP contribution is -2.35. The summed E-state index contributed by atoms with van der Waals surface area (Å²) in [6, 6.07) is 5.67. The van der Waals surface area contributed by atoms with Crippen molar-refractivity contribution >= 4 is 16.9 Å². The standard InChI is InChI=1S/C15H14FN5O2/c1-9(2)14(22)19-20-8-17-13-12(15(20)23)7-18-21(13)11-5-3-10(16)4-6-11/h3-9H,1-2H3,(H,19,22). The lowest BCUT2D eigenvalue weighted by Gasteiger charge is -2.09. The molecule has 0 atom stereocenters. The van der Waals surface area contributed by atoms with Crippen molar-refractivity contribution in [2.45, 2.75) is 13.8 Å². The molecular weight excluding hydrogens is 301 g/mol. The summed E-state index contributed by atoms with van der Waals surface area (Å²) in [6.45, 7) is 3.44. The fraction of sp³-hybridized carbons (Fsp3) is 0.200. The molecule has 0 fully saturated rings. The molecule has 3 rings (SSSR count). The molecule has 7 nitrogen and oxygen atoms in total. The van der Waals surface area contributed by atoms with Gasteiger partial charge in [-0.15, -0.1) is 0 Å². The molecule has 0 aliphatic heterocycles. The zero-order valence-electron chi connectivity index (χ0n) is 12.5. The smallest absolute Gasteiger partial charge is 0.273 e. The average Bonchev–Trinajstić information content (AvgIpc) is 2.95. The number of nitrogens with zero attached hydrogens (tertiary/aromatic N) is 4. The number of rotatable bonds is 3. The van der Waals surface area contributed by atoms with E-state index in [0.29, 0.717) is 11.3 Å². The molecule has 3 aromatic rings. The molecule has 2 aromatic heterocycles. The summed E-state index contributed by atoms with van der Waals surface area (Å²) in [7, 11) is 0. The van der Waals surface area contributed by atoms with Gasteiger partial charge >= 0.3 is 0 Å². The molecule has 23 heavy (non-hydrogen) atoms. The zero-order chi connectivity index (χ0) is 16.6. The molecule has 0 spiro atoms. The Balaban J connectivity index is 2.06. The van der Waals surface area contributed by atoms with Gasteiger partial charge in [0.15, 0.2) is 5.65 Å². The Morgan fingerprint density at radius 2 is 1.96 bits per heavy atom. The van der Waals surface area contributed by atoms with E-state index in [1.165, 1.54) is 41.5 Å². The zero-order valence-corrected chi connectivity index (χ0v) is 12.5. The van der Waals surface area contributed by atoms with E-state index in [9.17, 15) is 14.0 Å². The van der Waals surface area contributed by atoms with E-state index in [1.807, 2.05) is 0 Å². The van der Waals surface area contributed by atoms with E-state index >= 15 is 0 Å². The second-order valence-corrected chi connectivity index (χ2v) is 5.32. The summed E-state index contributed by atoms with van der Waals surface area (Å²) in [5.41, 5.74) is 2.95. The van der Waals surface area contributed by atoms with Crippen LogP contribution in [0.3, 0.4) is 0 Å². The van der Waals surface area contributed by atoms with Crippen LogP contribution in [0.2, 0.25) is 0 Å². The van der Waals surface area contributed by atoms with Gasteiger partial charge in [0, 0.05) is 5.92 Å². The molecule has 118 valence electrons. The van der Waals surface area contributed by atoms with Crippen LogP contribution >= 0.6 is 0 Å². The number of benzene rings is 1. The number of halogens is 1. The number of nitrogens with one attached hydrogen (secondary N) is 1. The molecule has 1 N–H and O–H groups in total. The molecule has 0 unspecified atom stereocenters. The van der Waals surface area contributed by atoms with Crippen LogP contribution in [0.25, 0.3) is 16.7 Å². The third kappa shape index (κ3) is 2.70. The van der Waals surface area contributed by atoms with E-state index < -0.39 is 5.56 Å². The first kappa shape index (κ1) is 14.9. The van der Waals surface area contributed by atoms with Crippen LogP contribution in [0.5, 0.6) is 0 Å². The van der Waals surface area contributed by atoms with Crippen LogP contribution in [-0.4, -0.2) is 25.3 Å². The highest BCUT2D eigenvalue weighted by atomic mass is 19.1. The number of hydrogen-bond acceptors (Lipinski definition) is 4. The molecule has 2 heterocycles. The first-order valence-electron chi connectivity index (χ1n) is 6.99. The number of hydrogen-bond donors (Lipinski definition) is 1. The van der Waals surface area contributed by atoms with Gasteiger partial charge in [-0.3, -0.25) is 15.0 Å². The summed E-state index contributed by atoms with van der Waals surface area (Å²) in [6.07, 6.45) is 2.60. The lowest BCUT2D eigenvalue weighted by molar-refractivity contribution is -0.119. The molecular formula is C15H14FN5O2. The molecule has 8 heteroatoms. The third-order valence-electron chi connectivity index (χ3n) is 3.31. The van der Waals surface area contributed by atoms with E-state index in [1.54, 1.807) is 13.8 Å². The third-order valence-corrected chi connectivity index (χ3v) is 3.31. The van der Waals surface area contributed by atoms with Crippen molar-refractivity contribution in [1.82, 2.24) is 19.4 Å². The Hall–Kier alpha value is -3.03. The Labute approximate surface area is 130 Å². The predicted octanol–water partition coefficient (Wildman–Crippen LogP) is 1.45. The van der Waals surface area contributed by atoms with Crippen molar-refractivity contribution in [3.05, 3.63) is 53.0 Å². The second-order valence-electron chi connectivity index (χ2n) is 5.32. The number of fused-ring (bicyclic) bond motifs is 1. The molecule has 0 aliphatic rings. The van der Waals surface area contributed by atoms with Gasteiger partial charge in [-0.05, 0) is 24.3 Å². The van der Waals surface area contributed by atoms with Gasteiger partial charge < -0.3 is 0 Å². The molecule has 0 aliphatic carbocycles. The van der Waals surface area contributed by atoms with E-state index in [-0.39, 0.29) is 23.0 Å². The van der Waals surface area contributed by atoms with Gasteiger partial charge in [-0.2, -0.15) is 5.10 Å². The van der Waals surface area contributed by atoms with Crippen LogP contribution < -0.4 is 11.0 Å². The van der Waals surface area contributed by atoms with Crippen LogP contribution in [0.1, 0.15) is 13.8 Å². The summed E-state index contributed by atoms with van der Waals surface area (Å²) in [4.78, 5) is 28.3. The van der Waals surface area contributed by atoms with Crippen molar-refractivity contribution in [1.29, 1.82) is 0 Å². The highest BCUT2D eigenvalue weighted by Crippen LogP contribution is 2.13. The van der Waals surface area contributed by atoms with Crippen molar-refractivity contribution in [3.63, 3.8) is 0 Å². The number of carbonyl (C=O) groups excluding carboxylic acids is 1. The number of amides is 1. The van der Waals surface area contributed by atoms with Crippen LogP contribution in [0.4, 0.5) is 4.39 Å². The summed E-state index contributed by atoms with van der Waals surface area (Å²) < 4.78 is 15.5. The number of aromatic nitrogens is 4. The van der Waals surface area contributed by atoms with Crippen molar-refractivity contribution in [2.24, 2.45) is 5.92 Å². The van der Waals surface area contributed by atoms with Gasteiger partial charge in [0.05, 0.1) is 11.9 Å². The predicted molar refractivity (Wildman–Crippen MR) is 82.3 cm³/mol. The first-order chi connectivity index (χ1) is 11.0. The number of carbonyl (C=O) groups is 1. The van der Waals surface area contributed by atoms with Gasteiger partial charge in [-0.1, -0.05) is 13.8 Å². The van der Waals surface area contributed by atoms with Gasteiger partial charge in [0.25, 0.3) is 5.56 Å². The Bertz CT molecular complexity index is 927. The molecule has 1 amide bonds. The van der Waals surface area contributed by atoms with E-state index in [4.69, 9.17) is 0 Å². The highest BCUT2D eigenvalue weighted by Gasteiger charge is 2.14. The molecule has 0 bridgehead atoms. The monoisotopic (exact) mass is 315 g/mol. The maximum atomic E-state index is 13.0. The van der Waals surface area contributed by atoms with Gasteiger partial charge in [-0.25, -0.2) is 18.7 Å². The van der Waals surface area contributed by atoms with Crippen molar-refractivity contribution in [2.75, 3.05) is 5.43 Å². The fourth-order valence-electron chi connectivity index (χ4n) is 2.01. The maximum absolute atomic E-state index is 13.0. The van der Waals surface area contributed by atoms with Crippen molar-refractivity contribution in [3.8, 4) is 5.69 Å². The SMILES string of the molecule is CC(C)C(=O)Nn1cnc2c(cnn2-c2ccc(F)cc2)c1=O. The molecule has 0 saturated carbocycles. The Morgan fingerprint density at radius 3 is 2.61 bits per heavy atom. The minimum atomic E-state index is -0.433. The van der Waals surface area contributed by atoms with Gasteiger partial charge in [0.2, 0.25) is 5.91 Å². The molecule has 1 aromatic carbocycles. The van der Waals surface area contributed by atoms with Gasteiger partial charge in [0.1, 0.15) is 17.5 Å². The fourth-order valence-corrected chi connectivity index (χ4v) is 2.01. The van der Waals surface area contributed by atoms with Crippen LogP contribution in [0, 0.1) is 11.7 Å². The quantitative estimate of drug-likeness (QED) is 0.793. The molecule has 0 saturated heterocycles. The first-order valence-corrected chi connectivity index (χ1v) is 6.99. The minimum Gasteiger partial charge on any atom is -0.273 e. The largest absolute Gasteiger partial charge is 0.283 e. The summed E-state index contributed by atoms with van der Waals surface area (Å²) in [5.74, 6) is -0.921. The minimum absolute atomic E-state index is 0.251. The second kappa shape index (κ2) is 5.64. The van der Waals surface area contributed by atoms with Crippen LogP contribution in [0.15, 0.2) is 41.6 Å². The molecule has 0 radical (unpaired) electrons. The lowest BCUT2D eigenvalue weighted by atomic mass is 10.2.